The van der Waals surface area contributed by atoms with Crippen LogP contribution < -0.4 is 14.8 Å². The van der Waals surface area contributed by atoms with Gasteiger partial charge in [0.05, 0.1) is 18.6 Å². The molecule has 0 aliphatic carbocycles. The number of hydrogen-bond acceptors (Lipinski definition) is 5. The van der Waals surface area contributed by atoms with Crippen molar-refractivity contribution in [3.63, 3.8) is 0 Å². The van der Waals surface area contributed by atoms with Crippen LogP contribution >= 0.6 is 0 Å². The SMILES string of the molecule is c1cc2cc3c(cc2c(NCc2cnc[nH]2)n1)OCO3. The van der Waals surface area contributed by atoms with Crippen molar-refractivity contribution in [2.24, 2.45) is 0 Å². The molecular formula is C14H12N4O2. The van der Waals surface area contributed by atoms with E-state index in [0.717, 1.165) is 33.8 Å². The van der Waals surface area contributed by atoms with Gasteiger partial charge in [-0.3, -0.25) is 0 Å². The Labute approximate surface area is 114 Å². The zero-order valence-corrected chi connectivity index (χ0v) is 10.6. The fourth-order valence-corrected chi connectivity index (χ4v) is 2.26. The molecule has 0 radical (unpaired) electrons. The molecule has 100 valence electrons. The Bertz CT molecular complexity index is 755. The third-order valence-corrected chi connectivity index (χ3v) is 3.26. The van der Waals surface area contributed by atoms with Crippen molar-refractivity contribution in [1.29, 1.82) is 0 Å². The van der Waals surface area contributed by atoms with E-state index in [4.69, 9.17) is 9.47 Å². The van der Waals surface area contributed by atoms with Crippen LogP contribution in [0.2, 0.25) is 0 Å². The number of benzene rings is 1. The van der Waals surface area contributed by atoms with Gasteiger partial charge in [-0.15, -0.1) is 0 Å². The highest BCUT2D eigenvalue weighted by Crippen LogP contribution is 2.37. The summed E-state index contributed by atoms with van der Waals surface area (Å²) in [4.78, 5) is 11.4. The Hall–Kier alpha value is -2.76. The van der Waals surface area contributed by atoms with E-state index >= 15 is 0 Å². The summed E-state index contributed by atoms with van der Waals surface area (Å²) in [6.07, 6.45) is 5.22. The number of aromatic amines is 1. The van der Waals surface area contributed by atoms with E-state index < -0.39 is 0 Å². The van der Waals surface area contributed by atoms with Crippen LogP contribution in [-0.4, -0.2) is 21.7 Å². The average molecular weight is 268 g/mol. The minimum absolute atomic E-state index is 0.274. The molecule has 0 amide bonds. The van der Waals surface area contributed by atoms with Gasteiger partial charge < -0.3 is 19.8 Å². The van der Waals surface area contributed by atoms with E-state index in [1.807, 2.05) is 18.2 Å². The maximum atomic E-state index is 5.42. The molecule has 1 aromatic carbocycles. The molecule has 0 unspecified atom stereocenters. The van der Waals surface area contributed by atoms with Crippen LogP contribution in [0.1, 0.15) is 5.69 Å². The highest BCUT2D eigenvalue weighted by atomic mass is 16.7. The van der Waals surface area contributed by atoms with Gasteiger partial charge in [0.15, 0.2) is 11.5 Å². The molecule has 0 atom stereocenters. The number of H-pyrrole nitrogens is 1. The Morgan fingerprint density at radius 1 is 1.25 bits per heavy atom. The molecule has 1 aliphatic heterocycles. The summed E-state index contributed by atoms with van der Waals surface area (Å²) in [5.41, 5.74) is 1.00. The molecule has 6 nitrogen and oxygen atoms in total. The number of nitrogens with zero attached hydrogens (tertiary/aromatic N) is 2. The van der Waals surface area contributed by atoms with Gasteiger partial charge in [0.1, 0.15) is 5.82 Å². The fraction of sp³-hybridized carbons (Fsp3) is 0.143. The predicted octanol–water partition coefficient (Wildman–Crippen LogP) is 2.30. The standard InChI is InChI=1S/C14H12N4O2/c1-2-16-14(17-6-10-5-15-7-18-10)11-4-13-12(3-9(1)11)19-8-20-13/h1-5,7H,6,8H2,(H,15,18)(H,16,17). The van der Waals surface area contributed by atoms with Crippen LogP contribution in [-0.2, 0) is 6.54 Å². The minimum Gasteiger partial charge on any atom is -0.454 e. The molecule has 0 spiro atoms. The zero-order chi connectivity index (χ0) is 13.4. The number of aromatic nitrogens is 3. The predicted molar refractivity (Wildman–Crippen MR) is 73.8 cm³/mol. The molecule has 0 fully saturated rings. The summed E-state index contributed by atoms with van der Waals surface area (Å²) in [6.45, 7) is 0.913. The molecule has 0 saturated heterocycles. The fourth-order valence-electron chi connectivity index (χ4n) is 2.26. The van der Waals surface area contributed by atoms with Crippen LogP contribution in [0.15, 0.2) is 36.9 Å². The molecule has 2 N–H and O–H groups in total. The van der Waals surface area contributed by atoms with Crippen molar-refractivity contribution >= 4 is 16.6 Å². The van der Waals surface area contributed by atoms with E-state index in [1.165, 1.54) is 0 Å². The first kappa shape index (κ1) is 11.1. The van der Waals surface area contributed by atoms with E-state index in [1.54, 1.807) is 18.7 Å². The summed E-state index contributed by atoms with van der Waals surface area (Å²) < 4.78 is 10.8. The molecule has 0 saturated carbocycles. The number of pyridine rings is 1. The van der Waals surface area contributed by atoms with Crippen molar-refractivity contribution < 1.29 is 9.47 Å². The zero-order valence-electron chi connectivity index (χ0n) is 10.6. The van der Waals surface area contributed by atoms with Gasteiger partial charge in [0.2, 0.25) is 6.79 Å². The molecule has 1 aliphatic rings. The molecule has 6 heteroatoms. The van der Waals surface area contributed by atoms with Crippen LogP contribution in [0, 0.1) is 0 Å². The summed E-state index contributed by atoms with van der Waals surface area (Å²) in [6, 6.07) is 5.89. The Morgan fingerprint density at radius 3 is 3.00 bits per heavy atom. The van der Waals surface area contributed by atoms with Gasteiger partial charge in [0, 0.05) is 17.8 Å². The van der Waals surface area contributed by atoms with Crippen molar-refractivity contribution in [1.82, 2.24) is 15.0 Å². The van der Waals surface area contributed by atoms with Gasteiger partial charge in [0.25, 0.3) is 0 Å². The van der Waals surface area contributed by atoms with E-state index in [9.17, 15) is 0 Å². The lowest BCUT2D eigenvalue weighted by molar-refractivity contribution is 0.174. The van der Waals surface area contributed by atoms with Crippen LogP contribution in [0.4, 0.5) is 5.82 Å². The number of imidazole rings is 1. The quantitative estimate of drug-likeness (QED) is 0.762. The number of hydrogen-bond donors (Lipinski definition) is 2. The number of anilines is 1. The van der Waals surface area contributed by atoms with Crippen LogP contribution in [0.5, 0.6) is 11.5 Å². The second kappa shape index (κ2) is 4.41. The number of rotatable bonds is 3. The third-order valence-electron chi connectivity index (χ3n) is 3.26. The Balaban J connectivity index is 1.71. The lowest BCUT2D eigenvalue weighted by Crippen LogP contribution is -2.02. The van der Waals surface area contributed by atoms with Gasteiger partial charge in [-0.2, -0.15) is 0 Å². The molecular weight excluding hydrogens is 256 g/mol. The summed E-state index contributed by atoms with van der Waals surface area (Å²) in [5, 5.41) is 5.38. The lowest BCUT2D eigenvalue weighted by atomic mass is 10.1. The van der Waals surface area contributed by atoms with Gasteiger partial charge in [-0.05, 0) is 23.6 Å². The first-order chi connectivity index (χ1) is 9.90. The average Bonchev–Trinajstić information content (AvgIpc) is 3.13. The molecule has 0 bridgehead atoms. The summed E-state index contributed by atoms with van der Waals surface area (Å²) >= 11 is 0. The Morgan fingerprint density at radius 2 is 2.15 bits per heavy atom. The smallest absolute Gasteiger partial charge is 0.231 e. The topological polar surface area (TPSA) is 72.1 Å². The largest absolute Gasteiger partial charge is 0.454 e. The number of nitrogens with one attached hydrogen (secondary N) is 2. The summed E-state index contributed by atoms with van der Waals surface area (Å²) in [7, 11) is 0. The summed E-state index contributed by atoms with van der Waals surface area (Å²) in [5.74, 6) is 2.36. The van der Waals surface area contributed by atoms with Crippen LogP contribution in [0.25, 0.3) is 10.8 Å². The third kappa shape index (κ3) is 1.82. The van der Waals surface area contributed by atoms with E-state index in [0.29, 0.717) is 6.54 Å². The molecule has 3 heterocycles. The molecule has 3 aromatic rings. The maximum absolute atomic E-state index is 5.42. The van der Waals surface area contributed by atoms with Gasteiger partial charge in [-0.1, -0.05) is 0 Å². The molecule has 20 heavy (non-hydrogen) atoms. The van der Waals surface area contributed by atoms with Crippen molar-refractivity contribution in [2.45, 2.75) is 6.54 Å². The second-order valence-electron chi connectivity index (χ2n) is 4.52. The number of ether oxygens (including phenoxy) is 2. The van der Waals surface area contributed by atoms with E-state index in [2.05, 4.69) is 20.3 Å². The van der Waals surface area contributed by atoms with Crippen LogP contribution in [0.3, 0.4) is 0 Å². The van der Waals surface area contributed by atoms with E-state index in [-0.39, 0.29) is 6.79 Å². The Kier molecular flexibility index (Phi) is 2.45. The highest BCUT2D eigenvalue weighted by molar-refractivity contribution is 5.94. The first-order valence-electron chi connectivity index (χ1n) is 6.29. The first-order valence-corrected chi connectivity index (χ1v) is 6.29. The van der Waals surface area contributed by atoms with Gasteiger partial charge >= 0.3 is 0 Å². The van der Waals surface area contributed by atoms with Crippen molar-refractivity contribution in [3.8, 4) is 11.5 Å². The number of fused-ring (bicyclic) bond motifs is 2. The normalized spacial score (nSPS) is 12.8. The monoisotopic (exact) mass is 268 g/mol. The second-order valence-corrected chi connectivity index (χ2v) is 4.52. The molecule has 2 aromatic heterocycles. The highest BCUT2D eigenvalue weighted by Gasteiger charge is 2.15. The van der Waals surface area contributed by atoms with Gasteiger partial charge in [-0.25, -0.2) is 9.97 Å². The molecule has 4 rings (SSSR count). The van der Waals surface area contributed by atoms with Crippen molar-refractivity contribution in [3.05, 3.63) is 42.6 Å². The minimum atomic E-state index is 0.274. The van der Waals surface area contributed by atoms with Crippen molar-refractivity contribution in [2.75, 3.05) is 12.1 Å². The lowest BCUT2D eigenvalue weighted by Gasteiger charge is -2.08. The maximum Gasteiger partial charge on any atom is 0.231 e.